The lowest BCUT2D eigenvalue weighted by Crippen LogP contribution is -2.42. The quantitative estimate of drug-likeness (QED) is 0.784. The van der Waals surface area contributed by atoms with Crippen LogP contribution >= 0.6 is 23.2 Å². The summed E-state index contributed by atoms with van der Waals surface area (Å²) in [5.74, 6) is 0. The fourth-order valence-corrected chi connectivity index (χ4v) is 2.05. The van der Waals surface area contributed by atoms with Crippen LogP contribution in [0.15, 0.2) is 36.1 Å². The maximum absolute atomic E-state index is 11.7. The molecule has 6 heteroatoms. The molecule has 0 unspecified atom stereocenters. The molecule has 0 bridgehead atoms. The van der Waals surface area contributed by atoms with Crippen molar-refractivity contribution in [3.05, 3.63) is 46.6 Å². The van der Waals surface area contributed by atoms with Crippen LogP contribution in [0.25, 0.3) is 0 Å². The molecule has 1 fully saturated rings. The predicted molar refractivity (Wildman–Crippen MR) is 73.2 cm³/mol. The molecule has 1 amide bonds. The Hall–Kier alpha value is -1.23. The van der Waals surface area contributed by atoms with Crippen molar-refractivity contribution in [2.75, 3.05) is 19.7 Å². The average molecular weight is 302 g/mol. The summed E-state index contributed by atoms with van der Waals surface area (Å²) in [7, 11) is 0. The highest BCUT2D eigenvalue weighted by Gasteiger charge is 2.26. The molecule has 0 spiro atoms. The Morgan fingerprint density at radius 3 is 2.74 bits per heavy atom. The predicted octanol–water partition coefficient (Wildman–Crippen LogP) is 3.56. The van der Waals surface area contributed by atoms with E-state index in [0.29, 0.717) is 24.7 Å². The van der Waals surface area contributed by atoms with E-state index < -0.39 is 6.09 Å². The normalized spacial score (nSPS) is 19.1. The van der Waals surface area contributed by atoms with Gasteiger partial charge in [0.15, 0.2) is 5.22 Å². The smallest absolute Gasteiger partial charge is 0.398 e. The maximum Gasteiger partial charge on any atom is 0.416 e. The Labute approximate surface area is 121 Å². The van der Waals surface area contributed by atoms with Gasteiger partial charge in [-0.25, -0.2) is 4.79 Å². The Balaban J connectivity index is 2.02. The molecule has 0 saturated carbocycles. The second-order valence-electron chi connectivity index (χ2n) is 4.08. The first kappa shape index (κ1) is 14.2. The molecule has 1 aliphatic rings. The van der Waals surface area contributed by atoms with Gasteiger partial charge in [-0.05, 0) is 35.9 Å². The summed E-state index contributed by atoms with van der Waals surface area (Å²) >= 11 is 11.3. The number of morpholine rings is 1. The van der Waals surface area contributed by atoms with Gasteiger partial charge in [-0.3, -0.25) is 0 Å². The van der Waals surface area contributed by atoms with Crippen LogP contribution in [0.1, 0.15) is 11.7 Å². The van der Waals surface area contributed by atoms with Crippen molar-refractivity contribution in [1.29, 1.82) is 0 Å². The fraction of sp³-hybridized carbons (Fsp3) is 0.308. The van der Waals surface area contributed by atoms with E-state index in [4.69, 9.17) is 32.7 Å². The molecule has 0 radical (unpaired) electrons. The van der Waals surface area contributed by atoms with Gasteiger partial charge in [-0.1, -0.05) is 23.7 Å². The Morgan fingerprint density at radius 2 is 2.11 bits per heavy atom. The first-order chi connectivity index (χ1) is 9.06. The topological polar surface area (TPSA) is 38.8 Å². The summed E-state index contributed by atoms with van der Waals surface area (Å²) in [5.41, 5.74) is 0.964. The summed E-state index contributed by atoms with van der Waals surface area (Å²) in [6.45, 7) is 4.64. The highest BCUT2D eigenvalue weighted by Crippen LogP contribution is 2.24. The molecule has 1 aromatic rings. The standard InChI is InChI=1S/C13H13Cl2NO3/c1-9(14)19-13(17)16-6-7-18-12(8-16)10-2-4-11(15)5-3-10/h2-5,12H,1,6-8H2/t12-/m1/s1. The summed E-state index contributed by atoms with van der Waals surface area (Å²) in [6.07, 6.45) is -0.704. The highest BCUT2D eigenvalue weighted by atomic mass is 35.5. The molecule has 1 atom stereocenters. The first-order valence-electron chi connectivity index (χ1n) is 5.74. The van der Waals surface area contributed by atoms with E-state index in [-0.39, 0.29) is 11.3 Å². The lowest BCUT2D eigenvalue weighted by molar-refractivity contribution is -0.0243. The van der Waals surface area contributed by atoms with E-state index in [0.717, 1.165) is 5.56 Å². The number of rotatable bonds is 2. The van der Waals surface area contributed by atoms with Gasteiger partial charge in [0.2, 0.25) is 0 Å². The zero-order chi connectivity index (χ0) is 13.8. The van der Waals surface area contributed by atoms with Gasteiger partial charge in [0.1, 0.15) is 6.10 Å². The molecule has 19 heavy (non-hydrogen) atoms. The molecule has 4 nitrogen and oxygen atoms in total. The largest absolute Gasteiger partial charge is 0.416 e. The van der Waals surface area contributed by atoms with Crippen molar-refractivity contribution in [3.8, 4) is 0 Å². The van der Waals surface area contributed by atoms with Crippen LogP contribution in [0.4, 0.5) is 4.79 Å². The van der Waals surface area contributed by atoms with Gasteiger partial charge < -0.3 is 14.4 Å². The molecule has 2 rings (SSSR count). The maximum atomic E-state index is 11.7. The van der Waals surface area contributed by atoms with Gasteiger partial charge >= 0.3 is 6.09 Å². The number of hydrogen-bond acceptors (Lipinski definition) is 3. The third-order valence-corrected chi connectivity index (χ3v) is 3.09. The van der Waals surface area contributed by atoms with Crippen LogP contribution in [-0.2, 0) is 9.47 Å². The Morgan fingerprint density at radius 1 is 1.42 bits per heavy atom. The zero-order valence-corrected chi connectivity index (χ0v) is 11.7. The van der Waals surface area contributed by atoms with Crippen LogP contribution in [0, 0.1) is 0 Å². The second kappa shape index (κ2) is 6.28. The van der Waals surface area contributed by atoms with Crippen molar-refractivity contribution >= 4 is 29.3 Å². The highest BCUT2D eigenvalue weighted by molar-refractivity contribution is 6.30. The van der Waals surface area contributed by atoms with Crippen LogP contribution in [0.2, 0.25) is 5.02 Å². The molecular weight excluding hydrogens is 289 g/mol. The van der Waals surface area contributed by atoms with E-state index >= 15 is 0 Å². The lowest BCUT2D eigenvalue weighted by Gasteiger charge is -2.32. The number of benzene rings is 1. The van der Waals surface area contributed by atoms with Crippen LogP contribution in [0.5, 0.6) is 0 Å². The first-order valence-corrected chi connectivity index (χ1v) is 6.50. The van der Waals surface area contributed by atoms with Gasteiger partial charge in [0.05, 0.1) is 13.2 Å². The van der Waals surface area contributed by atoms with E-state index in [1.807, 2.05) is 12.1 Å². The van der Waals surface area contributed by atoms with Crippen molar-refractivity contribution in [2.24, 2.45) is 0 Å². The molecular formula is C13H13Cl2NO3. The number of carbonyl (C=O) groups excluding carboxylic acids is 1. The summed E-state index contributed by atoms with van der Waals surface area (Å²) in [6, 6.07) is 7.33. The van der Waals surface area contributed by atoms with Crippen molar-refractivity contribution in [2.45, 2.75) is 6.10 Å². The van der Waals surface area contributed by atoms with Crippen LogP contribution < -0.4 is 0 Å². The molecule has 0 aliphatic carbocycles. The number of amides is 1. The number of halogens is 2. The van der Waals surface area contributed by atoms with Crippen molar-refractivity contribution in [3.63, 3.8) is 0 Å². The molecule has 1 heterocycles. The van der Waals surface area contributed by atoms with Crippen molar-refractivity contribution in [1.82, 2.24) is 4.90 Å². The SMILES string of the molecule is C=C(Cl)OC(=O)N1CCO[C@@H](c2ccc(Cl)cc2)C1. The molecule has 1 saturated heterocycles. The van der Waals surface area contributed by atoms with Crippen LogP contribution in [-0.4, -0.2) is 30.7 Å². The summed E-state index contributed by atoms with van der Waals surface area (Å²) in [4.78, 5) is 13.3. The number of nitrogens with zero attached hydrogens (tertiary/aromatic N) is 1. The van der Waals surface area contributed by atoms with Gasteiger partial charge in [0.25, 0.3) is 0 Å². The third kappa shape index (κ3) is 3.86. The van der Waals surface area contributed by atoms with E-state index in [1.165, 1.54) is 4.90 Å². The lowest BCUT2D eigenvalue weighted by atomic mass is 10.1. The minimum atomic E-state index is -0.512. The monoisotopic (exact) mass is 301 g/mol. The number of carbonyl (C=O) groups is 1. The molecule has 1 aromatic carbocycles. The minimum Gasteiger partial charge on any atom is -0.398 e. The molecule has 1 aliphatic heterocycles. The van der Waals surface area contributed by atoms with E-state index in [2.05, 4.69) is 6.58 Å². The average Bonchev–Trinajstić information content (AvgIpc) is 2.39. The Bertz CT molecular complexity index is 475. The van der Waals surface area contributed by atoms with Crippen molar-refractivity contribution < 1.29 is 14.3 Å². The summed E-state index contributed by atoms with van der Waals surface area (Å²) in [5, 5.41) is 0.522. The number of hydrogen-bond donors (Lipinski definition) is 0. The molecule has 0 aromatic heterocycles. The van der Waals surface area contributed by atoms with Gasteiger partial charge in [0, 0.05) is 11.6 Å². The molecule has 102 valence electrons. The third-order valence-electron chi connectivity index (χ3n) is 2.76. The molecule has 0 N–H and O–H groups in total. The van der Waals surface area contributed by atoms with Crippen LogP contribution in [0.3, 0.4) is 0 Å². The number of ether oxygens (including phenoxy) is 2. The fourth-order valence-electron chi connectivity index (χ4n) is 1.85. The zero-order valence-electron chi connectivity index (χ0n) is 10.1. The minimum absolute atomic E-state index is 0.139. The summed E-state index contributed by atoms with van der Waals surface area (Å²) < 4.78 is 10.4. The van der Waals surface area contributed by atoms with E-state index in [9.17, 15) is 4.79 Å². The Kier molecular flexibility index (Phi) is 4.69. The van der Waals surface area contributed by atoms with Gasteiger partial charge in [-0.2, -0.15) is 0 Å². The second-order valence-corrected chi connectivity index (χ2v) is 4.94. The van der Waals surface area contributed by atoms with Gasteiger partial charge in [-0.15, -0.1) is 0 Å². The van der Waals surface area contributed by atoms with E-state index in [1.54, 1.807) is 12.1 Å².